The maximum atomic E-state index is 8.60. The molecule has 0 spiro atoms. The van der Waals surface area contributed by atoms with E-state index in [2.05, 4.69) is 5.16 Å². The predicted molar refractivity (Wildman–Crippen MR) is 70.1 cm³/mol. The molecular formula is C14H15IN2O3. The minimum atomic E-state index is 0. The Balaban J connectivity index is 0.00000200. The monoisotopic (exact) mass is 386 g/mol. The summed E-state index contributed by atoms with van der Waals surface area (Å²) in [5.41, 5.74) is 0.717. The maximum absolute atomic E-state index is 8.60. The first-order valence-corrected chi connectivity index (χ1v) is 5.72. The van der Waals surface area contributed by atoms with Crippen LogP contribution in [0.2, 0.25) is 0 Å². The molecule has 2 rings (SSSR count). The maximum Gasteiger partial charge on any atom is 0.230 e. The molecule has 0 aliphatic heterocycles. The molecule has 0 amide bonds. The van der Waals surface area contributed by atoms with Crippen LogP contribution in [0.3, 0.4) is 0 Å². The molecule has 1 aromatic carbocycles. The van der Waals surface area contributed by atoms with Crippen LogP contribution < -0.4 is 38.0 Å². The first-order chi connectivity index (χ1) is 9.24. The van der Waals surface area contributed by atoms with Crippen molar-refractivity contribution in [3.8, 4) is 17.2 Å². The van der Waals surface area contributed by atoms with E-state index in [0.29, 0.717) is 17.2 Å². The Hall–Kier alpha value is -1.83. The number of aryl methyl sites for hydroxylation is 1. The van der Waals surface area contributed by atoms with Crippen LogP contribution in [0.25, 0.3) is 0 Å². The highest BCUT2D eigenvalue weighted by molar-refractivity contribution is 5.75. The smallest absolute Gasteiger partial charge is 0.230 e. The van der Waals surface area contributed by atoms with Crippen LogP contribution in [0.1, 0.15) is 5.69 Å². The number of rotatable bonds is 4. The molecule has 0 unspecified atom stereocenters. The Kier molecular flexibility index (Phi) is 6.23. The molecule has 5 nitrogen and oxygen atoms in total. The van der Waals surface area contributed by atoms with Gasteiger partial charge in [0.05, 0.1) is 13.2 Å². The van der Waals surface area contributed by atoms with Gasteiger partial charge in [0, 0.05) is 6.07 Å². The van der Waals surface area contributed by atoms with Gasteiger partial charge in [-0.05, 0) is 12.1 Å². The van der Waals surface area contributed by atoms with Gasteiger partial charge in [0.15, 0.2) is 17.7 Å². The van der Waals surface area contributed by atoms with E-state index in [1.165, 1.54) is 6.21 Å². The summed E-state index contributed by atoms with van der Waals surface area (Å²) in [5.74, 6) is 1.93. The summed E-state index contributed by atoms with van der Waals surface area (Å²) in [7, 11) is 3.45. The molecular weight excluding hydrogens is 371 g/mol. The van der Waals surface area contributed by atoms with E-state index < -0.39 is 0 Å². The van der Waals surface area contributed by atoms with Crippen LogP contribution in [0.4, 0.5) is 0 Å². The summed E-state index contributed by atoms with van der Waals surface area (Å²) in [6.07, 6.45) is 3.16. The number of aromatic nitrogens is 1. The lowest BCUT2D eigenvalue weighted by Gasteiger charge is -2.09. The van der Waals surface area contributed by atoms with Crippen LogP contribution in [0.15, 0.2) is 47.8 Å². The van der Waals surface area contributed by atoms with E-state index in [1.807, 2.05) is 48.1 Å². The molecule has 6 heteroatoms. The minimum Gasteiger partial charge on any atom is -1.00 e. The second kappa shape index (κ2) is 7.68. The Morgan fingerprint density at radius 1 is 1.20 bits per heavy atom. The fourth-order valence-electron chi connectivity index (χ4n) is 1.65. The molecule has 0 aliphatic rings. The van der Waals surface area contributed by atoms with Gasteiger partial charge in [0.1, 0.15) is 19.0 Å². The van der Waals surface area contributed by atoms with Crippen molar-refractivity contribution in [2.75, 3.05) is 7.11 Å². The third-order valence-corrected chi connectivity index (χ3v) is 2.65. The largest absolute Gasteiger partial charge is 1.00 e. The summed E-state index contributed by atoms with van der Waals surface area (Å²) >= 11 is 0. The summed E-state index contributed by atoms with van der Waals surface area (Å²) in [6, 6.07) is 11.0. The zero-order chi connectivity index (χ0) is 13.7. The fraction of sp³-hybridized carbons (Fsp3) is 0.143. The van der Waals surface area contributed by atoms with Crippen molar-refractivity contribution in [2.45, 2.75) is 0 Å². The van der Waals surface area contributed by atoms with Gasteiger partial charge < -0.3 is 38.7 Å². The first kappa shape index (κ1) is 16.2. The molecule has 1 aromatic heterocycles. The van der Waals surface area contributed by atoms with Crippen molar-refractivity contribution in [3.63, 3.8) is 0 Å². The summed E-state index contributed by atoms with van der Waals surface area (Å²) in [6.45, 7) is 0. The number of para-hydroxylation sites is 2. The number of hydrogen-bond donors (Lipinski definition) is 1. The lowest BCUT2D eigenvalue weighted by atomic mass is 10.3. The third-order valence-electron chi connectivity index (χ3n) is 2.65. The van der Waals surface area contributed by atoms with E-state index >= 15 is 0 Å². The molecule has 2 aromatic rings. The Morgan fingerprint density at radius 3 is 2.55 bits per heavy atom. The number of hydrogen-bond acceptors (Lipinski definition) is 4. The molecule has 0 aliphatic carbocycles. The van der Waals surface area contributed by atoms with Gasteiger partial charge in [0.2, 0.25) is 5.69 Å². The second-order valence-electron chi connectivity index (χ2n) is 3.90. The predicted octanol–water partition coefficient (Wildman–Crippen LogP) is -0.876. The average Bonchev–Trinajstić information content (AvgIpc) is 2.43. The van der Waals surface area contributed by atoms with Crippen molar-refractivity contribution in [1.29, 1.82) is 0 Å². The standard InChI is InChI=1S/C14H14N2O3.HI/c1-16-8-7-12(9-11(16)10-15-17)19-14-6-4-3-5-13(14)18-2;/h3-10H,1-2H3;1H. The lowest BCUT2D eigenvalue weighted by Crippen LogP contribution is -3.00. The number of nitrogens with zero attached hydrogens (tertiary/aromatic N) is 2. The number of pyridine rings is 1. The van der Waals surface area contributed by atoms with Gasteiger partial charge in [-0.25, -0.2) is 0 Å². The summed E-state index contributed by atoms with van der Waals surface area (Å²) in [5, 5.41) is 11.6. The highest BCUT2D eigenvalue weighted by Crippen LogP contribution is 2.30. The van der Waals surface area contributed by atoms with E-state index in [4.69, 9.17) is 14.7 Å². The lowest BCUT2D eigenvalue weighted by molar-refractivity contribution is -0.672. The van der Waals surface area contributed by atoms with Gasteiger partial charge in [-0.1, -0.05) is 17.3 Å². The van der Waals surface area contributed by atoms with E-state index in [-0.39, 0.29) is 24.0 Å². The fourth-order valence-corrected chi connectivity index (χ4v) is 1.65. The number of benzene rings is 1. The normalized spacial score (nSPS) is 10.1. The van der Waals surface area contributed by atoms with Crippen molar-refractivity contribution in [2.24, 2.45) is 12.2 Å². The average molecular weight is 386 g/mol. The SMILES string of the molecule is COc1ccccc1Oc1cc[n+](C)c(/C=N/O)c1.[I-]. The molecule has 0 bridgehead atoms. The van der Waals surface area contributed by atoms with Crippen molar-refractivity contribution < 1.29 is 43.2 Å². The molecule has 20 heavy (non-hydrogen) atoms. The highest BCUT2D eigenvalue weighted by atomic mass is 127. The Labute approximate surface area is 134 Å². The first-order valence-electron chi connectivity index (χ1n) is 5.72. The Bertz CT molecular complexity index is 603. The molecule has 0 saturated heterocycles. The minimum absolute atomic E-state index is 0. The number of methoxy groups -OCH3 is 1. The van der Waals surface area contributed by atoms with Crippen LogP contribution in [-0.2, 0) is 7.05 Å². The van der Waals surface area contributed by atoms with Crippen LogP contribution in [-0.4, -0.2) is 18.5 Å². The Morgan fingerprint density at radius 2 is 1.90 bits per heavy atom. The van der Waals surface area contributed by atoms with Crippen LogP contribution in [0, 0.1) is 0 Å². The number of oxime groups is 1. The van der Waals surface area contributed by atoms with Crippen LogP contribution >= 0.6 is 0 Å². The van der Waals surface area contributed by atoms with Crippen molar-refractivity contribution >= 4 is 6.21 Å². The van der Waals surface area contributed by atoms with Crippen molar-refractivity contribution in [3.05, 3.63) is 48.3 Å². The highest BCUT2D eigenvalue weighted by Gasteiger charge is 2.09. The van der Waals surface area contributed by atoms with Crippen molar-refractivity contribution in [1.82, 2.24) is 0 Å². The number of ether oxygens (including phenoxy) is 2. The molecule has 1 N–H and O–H groups in total. The molecule has 0 atom stereocenters. The van der Waals surface area contributed by atoms with Gasteiger partial charge in [-0.15, -0.1) is 0 Å². The van der Waals surface area contributed by atoms with E-state index in [9.17, 15) is 0 Å². The van der Waals surface area contributed by atoms with E-state index in [1.54, 1.807) is 13.2 Å². The van der Waals surface area contributed by atoms with Gasteiger partial charge in [-0.2, -0.15) is 4.57 Å². The van der Waals surface area contributed by atoms with E-state index in [0.717, 1.165) is 5.69 Å². The molecule has 0 saturated carbocycles. The molecule has 0 radical (unpaired) electrons. The number of halogens is 1. The van der Waals surface area contributed by atoms with Gasteiger partial charge >= 0.3 is 0 Å². The molecule has 0 fully saturated rings. The van der Waals surface area contributed by atoms with Gasteiger partial charge in [0.25, 0.3) is 0 Å². The zero-order valence-corrected chi connectivity index (χ0v) is 13.3. The summed E-state index contributed by atoms with van der Waals surface area (Å²) in [4.78, 5) is 0. The molecule has 1 heterocycles. The summed E-state index contributed by atoms with van der Waals surface area (Å²) < 4.78 is 12.8. The quantitative estimate of drug-likeness (QED) is 0.244. The zero-order valence-electron chi connectivity index (χ0n) is 11.2. The topological polar surface area (TPSA) is 54.9 Å². The second-order valence-corrected chi connectivity index (χ2v) is 3.90. The third kappa shape index (κ3) is 3.83. The van der Waals surface area contributed by atoms with Gasteiger partial charge in [-0.3, -0.25) is 0 Å². The van der Waals surface area contributed by atoms with Crippen LogP contribution in [0.5, 0.6) is 17.2 Å². The molecule has 106 valence electrons.